The van der Waals surface area contributed by atoms with Gasteiger partial charge in [-0.15, -0.1) is 0 Å². The molecule has 118 valence electrons. The predicted octanol–water partition coefficient (Wildman–Crippen LogP) is 4.07. The lowest BCUT2D eigenvalue weighted by Crippen LogP contribution is -1.83. The topological polar surface area (TPSA) is 77.8 Å². The highest BCUT2D eigenvalue weighted by atomic mass is 16.5. The van der Waals surface area contributed by atoms with Gasteiger partial charge in [0, 0.05) is 16.7 Å². The van der Waals surface area contributed by atoms with Crippen LogP contribution in [0.2, 0.25) is 0 Å². The van der Waals surface area contributed by atoms with E-state index in [0.717, 1.165) is 22.3 Å². The molecule has 6 nitrogen and oxygen atoms in total. The zero-order chi connectivity index (χ0) is 16.5. The van der Waals surface area contributed by atoms with E-state index in [1.54, 1.807) is 6.92 Å². The zero-order valence-electron chi connectivity index (χ0n) is 13.2. The summed E-state index contributed by atoms with van der Waals surface area (Å²) < 4.78 is 10.5. The van der Waals surface area contributed by atoms with E-state index in [1.807, 2.05) is 55.5 Å². The molecule has 4 rings (SSSR count). The van der Waals surface area contributed by atoms with Crippen molar-refractivity contribution in [3.05, 3.63) is 59.9 Å². The maximum absolute atomic E-state index is 5.38. The van der Waals surface area contributed by atoms with Crippen LogP contribution in [0.25, 0.3) is 34.3 Å². The van der Waals surface area contributed by atoms with Gasteiger partial charge in [-0.25, -0.2) is 0 Å². The second-order valence-electron chi connectivity index (χ2n) is 5.52. The molecule has 2 aromatic carbocycles. The Hall–Kier alpha value is -3.28. The highest BCUT2D eigenvalue weighted by molar-refractivity contribution is 5.64. The molecule has 6 heteroatoms. The SMILES string of the molecule is Cc1cccc(-c2nc(-c3ccc(-c4nc(C)no4)cc3)no2)c1. The second-order valence-corrected chi connectivity index (χ2v) is 5.52. The van der Waals surface area contributed by atoms with Gasteiger partial charge in [0.2, 0.25) is 5.82 Å². The van der Waals surface area contributed by atoms with E-state index in [0.29, 0.717) is 23.4 Å². The third-order valence-electron chi connectivity index (χ3n) is 3.61. The molecule has 2 heterocycles. The summed E-state index contributed by atoms with van der Waals surface area (Å²) >= 11 is 0. The van der Waals surface area contributed by atoms with E-state index >= 15 is 0 Å². The maximum Gasteiger partial charge on any atom is 0.258 e. The van der Waals surface area contributed by atoms with Crippen LogP contribution < -0.4 is 0 Å². The summed E-state index contributed by atoms with van der Waals surface area (Å²) in [4.78, 5) is 8.68. The Morgan fingerprint density at radius 3 is 2.12 bits per heavy atom. The Morgan fingerprint density at radius 2 is 1.42 bits per heavy atom. The van der Waals surface area contributed by atoms with Crippen molar-refractivity contribution in [1.29, 1.82) is 0 Å². The van der Waals surface area contributed by atoms with E-state index < -0.39 is 0 Å². The molecular formula is C18H14N4O2. The lowest BCUT2D eigenvalue weighted by Gasteiger charge is -1.97. The summed E-state index contributed by atoms with van der Waals surface area (Å²) in [6.45, 7) is 3.81. The maximum atomic E-state index is 5.38. The molecule has 0 N–H and O–H groups in total. The first-order valence-electron chi connectivity index (χ1n) is 7.51. The summed E-state index contributed by atoms with van der Waals surface area (Å²) in [6, 6.07) is 15.5. The van der Waals surface area contributed by atoms with E-state index in [9.17, 15) is 0 Å². The standard InChI is InChI=1S/C18H14N4O2/c1-11-4-3-5-15(10-11)18-20-16(22-24-18)13-6-8-14(9-7-13)17-19-12(2)21-23-17/h3-10H,1-2H3. The molecule has 0 saturated carbocycles. The second kappa shape index (κ2) is 5.73. The fourth-order valence-corrected chi connectivity index (χ4v) is 2.41. The van der Waals surface area contributed by atoms with Crippen LogP contribution in [0.3, 0.4) is 0 Å². The van der Waals surface area contributed by atoms with Gasteiger partial charge >= 0.3 is 0 Å². The van der Waals surface area contributed by atoms with E-state index in [1.165, 1.54) is 0 Å². The third kappa shape index (κ3) is 2.69. The van der Waals surface area contributed by atoms with Crippen LogP contribution in [0.15, 0.2) is 57.6 Å². The van der Waals surface area contributed by atoms with Crippen molar-refractivity contribution in [2.75, 3.05) is 0 Å². The molecule has 24 heavy (non-hydrogen) atoms. The quantitative estimate of drug-likeness (QED) is 0.566. The van der Waals surface area contributed by atoms with Crippen LogP contribution in [-0.2, 0) is 0 Å². The Bertz CT molecular complexity index is 986. The summed E-state index contributed by atoms with van der Waals surface area (Å²) in [7, 11) is 0. The number of hydrogen-bond acceptors (Lipinski definition) is 6. The van der Waals surface area contributed by atoms with Gasteiger partial charge < -0.3 is 9.05 Å². The van der Waals surface area contributed by atoms with E-state index in [4.69, 9.17) is 9.05 Å². The van der Waals surface area contributed by atoms with Crippen LogP contribution in [0.1, 0.15) is 11.4 Å². The van der Waals surface area contributed by atoms with Crippen molar-refractivity contribution in [1.82, 2.24) is 20.3 Å². The van der Waals surface area contributed by atoms with E-state index in [-0.39, 0.29) is 0 Å². The summed E-state index contributed by atoms with van der Waals surface area (Å²) in [5.41, 5.74) is 3.76. The van der Waals surface area contributed by atoms with Crippen LogP contribution in [0, 0.1) is 13.8 Å². The van der Waals surface area contributed by atoms with Gasteiger partial charge in [-0.2, -0.15) is 9.97 Å². The van der Waals surface area contributed by atoms with Crippen molar-refractivity contribution < 1.29 is 9.05 Å². The molecule has 2 aromatic heterocycles. The molecule has 0 aliphatic heterocycles. The fourth-order valence-electron chi connectivity index (χ4n) is 2.41. The molecule has 4 aromatic rings. The summed E-state index contributed by atoms with van der Waals surface area (Å²) in [6.07, 6.45) is 0. The number of aromatic nitrogens is 4. The van der Waals surface area contributed by atoms with Gasteiger partial charge in [0.25, 0.3) is 11.8 Å². The Labute approximate surface area is 138 Å². The number of benzene rings is 2. The fraction of sp³-hybridized carbons (Fsp3) is 0.111. The first-order valence-corrected chi connectivity index (χ1v) is 7.51. The lowest BCUT2D eigenvalue weighted by atomic mass is 10.1. The van der Waals surface area contributed by atoms with Crippen LogP contribution >= 0.6 is 0 Å². The number of hydrogen-bond donors (Lipinski definition) is 0. The highest BCUT2D eigenvalue weighted by Gasteiger charge is 2.12. The van der Waals surface area contributed by atoms with Crippen molar-refractivity contribution in [3.63, 3.8) is 0 Å². The lowest BCUT2D eigenvalue weighted by molar-refractivity contribution is 0.425. The van der Waals surface area contributed by atoms with E-state index in [2.05, 4.69) is 20.3 Å². The smallest absolute Gasteiger partial charge is 0.258 e. The Balaban J connectivity index is 1.63. The molecule has 0 saturated heterocycles. The molecule has 0 aliphatic carbocycles. The van der Waals surface area contributed by atoms with Crippen LogP contribution in [0.4, 0.5) is 0 Å². The summed E-state index contributed by atoms with van der Waals surface area (Å²) in [5, 5.41) is 7.85. The van der Waals surface area contributed by atoms with Gasteiger partial charge in [-0.3, -0.25) is 0 Å². The molecule has 0 spiro atoms. The minimum Gasteiger partial charge on any atom is -0.334 e. The normalized spacial score (nSPS) is 10.9. The average Bonchev–Trinajstić information content (AvgIpc) is 3.24. The average molecular weight is 318 g/mol. The minimum absolute atomic E-state index is 0.493. The molecule has 0 amide bonds. The first kappa shape index (κ1) is 14.3. The number of nitrogens with zero attached hydrogens (tertiary/aromatic N) is 4. The van der Waals surface area contributed by atoms with Crippen molar-refractivity contribution in [3.8, 4) is 34.3 Å². The molecular weight excluding hydrogens is 304 g/mol. The monoisotopic (exact) mass is 318 g/mol. The highest BCUT2D eigenvalue weighted by Crippen LogP contribution is 2.25. The minimum atomic E-state index is 0.493. The number of aryl methyl sites for hydroxylation is 2. The number of rotatable bonds is 3. The molecule has 0 unspecified atom stereocenters. The van der Waals surface area contributed by atoms with Gasteiger partial charge in [0.15, 0.2) is 5.82 Å². The van der Waals surface area contributed by atoms with Gasteiger partial charge in [-0.1, -0.05) is 40.1 Å². The third-order valence-corrected chi connectivity index (χ3v) is 3.61. The molecule has 0 fully saturated rings. The first-order chi connectivity index (χ1) is 11.7. The van der Waals surface area contributed by atoms with Crippen molar-refractivity contribution in [2.24, 2.45) is 0 Å². The van der Waals surface area contributed by atoms with Crippen LogP contribution in [-0.4, -0.2) is 20.3 Å². The van der Waals surface area contributed by atoms with Gasteiger partial charge in [-0.05, 0) is 38.1 Å². The zero-order valence-corrected chi connectivity index (χ0v) is 13.2. The predicted molar refractivity (Wildman–Crippen MR) is 87.9 cm³/mol. The van der Waals surface area contributed by atoms with Crippen molar-refractivity contribution >= 4 is 0 Å². The molecule has 0 radical (unpaired) electrons. The largest absolute Gasteiger partial charge is 0.334 e. The van der Waals surface area contributed by atoms with Crippen molar-refractivity contribution in [2.45, 2.75) is 13.8 Å². The molecule has 0 bridgehead atoms. The van der Waals surface area contributed by atoms with Gasteiger partial charge in [0.1, 0.15) is 0 Å². The molecule has 0 aliphatic rings. The Morgan fingerprint density at radius 1 is 0.708 bits per heavy atom. The Kier molecular flexibility index (Phi) is 3.42. The molecule has 0 atom stereocenters. The van der Waals surface area contributed by atoms with Crippen LogP contribution in [0.5, 0.6) is 0 Å². The summed E-state index contributed by atoms with van der Waals surface area (Å²) in [5.74, 6) is 2.15. The van der Waals surface area contributed by atoms with Gasteiger partial charge in [0.05, 0.1) is 0 Å².